The van der Waals surface area contributed by atoms with Crippen molar-refractivity contribution in [1.29, 1.82) is 0 Å². The van der Waals surface area contributed by atoms with Crippen LogP contribution in [0.4, 0.5) is 16.0 Å². The number of aromatic nitrogens is 5. The van der Waals surface area contributed by atoms with E-state index in [0.29, 0.717) is 38.9 Å². The van der Waals surface area contributed by atoms with Crippen molar-refractivity contribution in [3.8, 4) is 0 Å². The van der Waals surface area contributed by atoms with Gasteiger partial charge in [0.05, 0.1) is 22.5 Å². The number of hydrogen-bond acceptors (Lipinski definition) is 8. The standard InChI is InChI=1S/C19H13ClFN7OS/c20-16-15-17(28-19(22)27-16)24-8-13(25-15)9-30-14-6-1-10(7-23-14)18(29)26-12-4-2-11(21)3-5-12/h1-8H,9H2,(H,26,29)(H2,22,24,27,28). The first-order chi connectivity index (χ1) is 14.5. The normalized spacial score (nSPS) is 10.9. The van der Waals surface area contributed by atoms with Gasteiger partial charge in [-0.2, -0.15) is 9.97 Å². The molecule has 1 amide bonds. The summed E-state index contributed by atoms with van der Waals surface area (Å²) in [5.41, 5.74) is 7.81. The largest absolute Gasteiger partial charge is 0.368 e. The highest BCUT2D eigenvalue weighted by atomic mass is 35.5. The average molecular weight is 442 g/mol. The summed E-state index contributed by atoms with van der Waals surface area (Å²) in [6.07, 6.45) is 3.06. The Morgan fingerprint density at radius 1 is 1.07 bits per heavy atom. The first kappa shape index (κ1) is 19.9. The van der Waals surface area contributed by atoms with Crippen LogP contribution in [0.2, 0.25) is 5.15 Å². The number of carbonyl (C=O) groups is 1. The number of fused-ring (bicyclic) bond motifs is 1. The quantitative estimate of drug-likeness (QED) is 0.355. The van der Waals surface area contributed by atoms with Crippen LogP contribution in [-0.2, 0) is 5.75 Å². The van der Waals surface area contributed by atoms with Gasteiger partial charge in [-0.05, 0) is 36.4 Å². The molecule has 1 aromatic carbocycles. The predicted molar refractivity (Wildman–Crippen MR) is 113 cm³/mol. The number of nitrogens with one attached hydrogen (secondary N) is 1. The molecule has 3 aromatic heterocycles. The molecule has 0 fully saturated rings. The minimum Gasteiger partial charge on any atom is -0.368 e. The van der Waals surface area contributed by atoms with Gasteiger partial charge in [0.25, 0.3) is 5.91 Å². The zero-order chi connectivity index (χ0) is 21.1. The Kier molecular flexibility index (Phi) is 5.68. The molecule has 3 heterocycles. The molecule has 8 nitrogen and oxygen atoms in total. The number of nitrogens with zero attached hydrogens (tertiary/aromatic N) is 5. The minimum absolute atomic E-state index is 0.0386. The van der Waals surface area contributed by atoms with Crippen molar-refractivity contribution in [3.05, 3.63) is 71.0 Å². The van der Waals surface area contributed by atoms with E-state index >= 15 is 0 Å². The number of halogens is 2. The maximum absolute atomic E-state index is 12.9. The summed E-state index contributed by atoms with van der Waals surface area (Å²) < 4.78 is 12.9. The van der Waals surface area contributed by atoms with Crippen molar-refractivity contribution in [2.75, 3.05) is 11.1 Å². The molecule has 0 aliphatic heterocycles. The Morgan fingerprint density at radius 3 is 2.60 bits per heavy atom. The van der Waals surface area contributed by atoms with E-state index in [1.54, 1.807) is 18.3 Å². The molecule has 11 heteroatoms. The molecule has 0 saturated heterocycles. The van der Waals surface area contributed by atoms with Crippen molar-refractivity contribution >= 4 is 52.1 Å². The average Bonchev–Trinajstić information content (AvgIpc) is 2.74. The van der Waals surface area contributed by atoms with Gasteiger partial charge in [-0.1, -0.05) is 23.4 Å². The molecule has 0 radical (unpaired) electrons. The number of carbonyl (C=O) groups excluding carboxylic acids is 1. The van der Waals surface area contributed by atoms with E-state index in [2.05, 4.69) is 30.2 Å². The number of nitrogens with two attached hydrogens (primary N) is 1. The number of rotatable bonds is 5. The molecule has 0 bridgehead atoms. The number of amides is 1. The Labute approximate surface area is 179 Å². The lowest BCUT2D eigenvalue weighted by Crippen LogP contribution is -2.12. The van der Waals surface area contributed by atoms with E-state index in [1.807, 2.05) is 0 Å². The number of pyridine rings is 1. The van der Waals surface area contributed by atoms with Crippen molar-refractivity contribution < 1.29 is 9.18 Å². The van der Waals surface area contributed by atoms with Crippen LogP contribution < -0.4 is 11.1 Å². The van der Waals surface area contributed by atoms with E-state index in [1.165, 1.54) is 42.2 Å². The molecule has 0 atom stereocenters. The second kappa shape index (κ2) is 8.56. The highest BCUT2D eigenvalue weighted by molar-refractivity contribution is 7.98. The third-order valence-corrected chi connectivity index (χ3v) is 5.14. The first-order valence-corrected chi connectivity index (χ1v) is 9.95. The summed E-state index contributed by atoms with van der Waals surface area (Å²) in [6, 6.07) is 8.92. The third kappa shape index (κ3) is 4.61. The van der Waals surface area contributed by atoms with Crippen LogP contribution in [0.25, 0.3) is 11.2 Å². The highest BCUT2D eigenvalue weighted by Gasteiger charge is 2.10. The van der Waals surface area contributed by atoms with Crippen LogP contribution >= 0.6 is 23.4 Å². The van der Waals surface area contributed by atoms with Crippen LogP contribution in [0.3, 0.4) is 0 Å². The van der Waals surface area contributed by atoms with E-state index in [-0.39, 0.29) is 22.8 Å². The zero-order valence-corrected chi connectivity index (χ0v) is 16.8. The lowest BCUT2D eigenvalue weighted by Gasteiger charge is -2.06. The molecule has 0 aliphatic rings. The Balaban J connectivity index is 1.40. The lowest BCUT2D eigenvalue weighted by molar-refractivity contribution is 0.102. The molecular weight excluding hydrogens is 429 g/mol. The van der Waals surface area contributed by atoms with Crippen LogP contribution in [0.5, 0.6) is 0 Å². The van der Waals surface area contributed by atoms with Crippen molar-refractivity contribution in [2.45, 2.75) is 10.8 Å². The van der Waals surface area contributed by atoms with Gasteiger partial charge in [0, 0.05) is 17.6 Å². The Hall–Kier alpha value is -3.37. The smallest absolute Gasteiger partial charge is 0.257 e. The first-order valence-electron chi connectivity index (χ1n) is 8.58. The molecule has 0 saturated carbocycles. The lowest BCUT2D eigenvalue weighted by atomic mass is 10.2. The molecule has 4 aromatic rings. The van der Waals surface area contributed by atoms with Gasteiger partial charge >= 0.3 is 0 Å². The van der Waals surface area contributed by atoms with Gasteiger partial charge in [0.15, 0.2) is 10.8 Å². The summed E-state index contributed by atoms with van der Waals surface area (Å²) in [5.74, 6) is -0.180. The third-order valence-electron chi connectivity index (χ3n) is 3.90. The van der Waals surface area contributed by atoms with Gasteiger partial charge in [-0.15, -0.1) is 0 Å². The van der Waals surface area contributed by atoms with Gasteiger partial charge < -0.3 is 11.1 Å². The van der Waals surface area contributed by atoms with Crippen LogP contribution in [0.15, 0.2) is 53.8 Å². The second-order valence-corrected chi connectivity index (χ2v) is 7.39. The minimum atomic E-state index is -0.369. The number of nitrogen functional groups attached to an aromatic ring is 1. The Bertz CT molecular complexity index is 1220. The molecular formula is C19H13ClFN7OS. The fourth-order valence-corrected chi connectivity index (χ4v) is 3.42. The molecule has 0 spiro atoms. The van der Waals surface area contributed by atoms with Gasteiger partial charge in [-0.25, -0.2) is 19.3 Å². The van der Waals surface area contributed by atoms with E-state index < -0.39 is 0 Å². The number of thioether (sulfide) groups is 1. The van der Waals surface area contributed by atoms with E-state index in [0.717, 1.165) is 0 Å². The van der Waals surface area contributed by atoms with E-state index in [9.17, 15) is 9.18 Å². The molecule has 0 unspecified atom stereocenters. The van der Waals surface area contributed by atoms with E-state index in [4.69, 9.17) is 17.3 Å². The SMILES string of the molecule is Nc1nc(Cl)c2nc(CSc3ccc(C(=O)Nc4ccc(F)cc4)cn3)cnc2n1. The topological polar surface area (TPSA) is 120 Å². The van der Waals surface area contributed by atoms with Gasteiger partial charge in [0.1, 0.15) is 11.3 Å². The number of benzene rings is 1. The summed E-state index contributed by atoms with van der Waals surface area (Å²) in [6.45, 7) is 0. The summed E-state index contributed by atoms with van der Waals surface area (Å²) in [7, 11) is 0. The fourth-order valence-electron chi connectivity index (χ4n) is 2.48. The zero-order valence-electron chi connectivity index (χ0n) is 15.2. The molecule has 30 heavy (non-hydrogen) atoms. The maximum Gasteiger partial charge on any atom is 0.257 e. The van der Waals surface area contributed by atoms with Crippen molar-refractivity contribution in [3.63, 3.8) is 0 Å². The van der Waals surface area contributed by atoms with Crippen molar-refractivity contribution in [1.82, 2.24) is 24.9 Å². The Morgan fingerprint density at radius 2 is 1.87 bits per heavy atom. The second-order valence-electron chi connectivity index (χ2n) is 6.04. The molecule has 150 valence electrons. The van der Waals surface area contributed by atoms with Crippen LogP contribution in [0, 0.1) is 5.82 Å². The predicted octanol–water partition coefficient (Wildman–Crippen LogP) is 3.73. The summed E-state index contributed by atoms with van der Waals surface area (Å²) in [4.78, 5) is 33.0. The molecule has 4 rings (SSSR count). The monoisotopic (exact) mass is 441 g/mol. The van der Waals surface area contributed by atoms with Crippen molar-refractivity contribution in [2.24, 2.45) is 0 Å². The molecule has 0 aliphatic carbocycles. The van der Waals surface area contributed by atoms with Gasteiger partial charge in [0.2, 0.25) is 5.95 Å². The highest BCUT2D eigenvalue weighted by Crippen LogP contribution is 2.23. The summed E-state index contributed by atoms with van der Waals surface area (Å²) >= 11 is 7.48. The fraction of sp³-hybridized carbons (Fsp3) is 0.0526. The van der Waals surface area contributed by atoms with Crippen LogP contribution in [0.1, 0.15) is 16.1 Å². The summed E-state index contributed by atoms with van der Waals surface area (Å²) in [5, 5.41) is 3.53. The van der Waals surface area contributed by atoms with Gasteiger partial charge in [-0.3, -0.25) is 4.79 Å². The maximum atomic E-state index is 12.9. The van der Waals surface area contributed by atoms with Crippen LogP contribution in [-0.4, -0.2) is 30.8 Å². The number of hydrogen-bond donors (Lipinski definition) is 2. The number of anilines is 2. The molecule has 3 N–H and O–H groups in total.